The van der Waals surface area contributed by atoms with Crippen LogP contribution >= 0.6 is 31.9 Å². The number of alkyl halides is 3. The van der Waals surface area contributed by atoms with Gasteiger partial charge >= 0.3 is 12.1 Å². The van der Waals surface area contributed by atoms with Gasteiger partial charge in [-0.05, 0) is 52.3 Å². The molecule has 136 valence electrons. The number of carbonyl (C=O) groups is 1. The average molecular weight is 494 g/mol. The van der Waals surface area contributed by atoms with Crippen LogP contribution < -0.4 is 9.47 Å². The van der Waals surface area contributed by atoms with Crippen LogP contribution in [0.5, 0.6) is 17.2 Å². The maximum absolute atomic E-state index is 13.1. The third kappa shape index (κ3) is 3.88. The lowest BCUT2D eigenvalue weighted by atomic mass is 10.0. The van der Waals surface area contributed by atoms with E-state index in [0.717, 1.165) is 10.5 Å². The summed E-state index contributed by atoms with van der Waals surface area (Å²) in [5.74, 6) is -1.09. The highest BCUT2D eigenvalue weighted by Gasteiger charge is 2.48. The first kappa shape index (κ1) is 18.8. The Morgan fingerprint density at radius 2 is 1.88 bits per heavy atom. The van der Waals surface area contributed by atoms with Crippen molar-refractivity contribution in [3.05, 3.63) is 56.5 Å². The summed E-state index contributed by atoms with van der Waals surface area (Å²) in [6.45, 7) is 0. The molecule has 0 bridgehead atoms. The van der Waals surface area contributed by atoms with E-state index in [1.54, 1.807) is 18.2 Å². The van der Waals surface area contributed by atoms with Crippen molar-refractivity contribution in [2.24, 2.45) is 0 Å². The molecule has 1 unspecified atom stereocenters. The molecule has 0 aliphatic carbocycles. The standard InChI is InChI=1S/C17H9Br2F3O4/c18-9-2-4-13(12(19)6-9)25-10-3-1-8-5-11(16(23)24)15(17(20,21)22)26-14(8)7-10/h1-7,15H,(H,23,24). The van der Waals surface area contributed by atoms with Crippen molar-refractivity contribution in [1.82, 2.24) is 0 Å². The fourth-order valence-corrected chi connectivity index (χ4v) is 3.46. The Balaban J connectivity index is 1.95. The third-order valence-electron chi connectivity index (χ3n) is 3.49. The number of benzene rings is 2. The zero-order valence-corrected chi connectivity index (χ0v) is 15.9. The van der Waals surface area contributed by atoms with E-state index in [1.807, 2.05) is 0 Å². The van der Waals surface area contributed by atoms with Crippen LogP contribution in [0.4, 0.5) is 13.2 Å². The van der Waals surface area contributed by atoms with E-state index in [1.165, 1.54) is 18.2 Å². The molecule has 0 saturated heterocycles. The van der Waals surface area contributed by atoms with Gasteiger partial charge in [0, 0.05) is 16.1 Å². The number of fused-ring (bicyclic) bond motifs is 1. The Kier molecular flexibility index (Phi) is 5.03. The molecule has 1 heterocycles. The molecule has 2 aromatic carbocycles. The van der Waals surface area contributed by atoms with Crippen LogP contribution in [0.15, 0.2) is 50.9 Å². The predicted octanol–water partition coefficient (Wildman–Crippen LogP) is 5.80. The van der Waals surface area contributed by atoms with Crippen molar-refractivity contribution >= 4 is 43.9 Å². The Morgan fingerprint density at radius 1 is 1.15 bits per heavy atom. The number of hydrogen-bond donors (Lipinski definition) is 1. The number of aliphatic carboxylic acids is 1. The summed E-state index contributed by atoms with van der Waals surface area (Å²) >= 11 is 6.64. The molecular formula is C17H9Br2F3O4. The highest BCUT2D eigenvalue weighted by Crippen LogP contribution is 2.40. The normalized spacial score (nSPS) is 16.3. The minimum Gasteiger partial charge on any atom is -0.478 e. The van der Waals surface area contributed by atoms with Gasteiger partial charge < -0.3 is 14.6 Å². The monoisotopic (exact) mass is 492 g/mol. The van der Waals surface area contributed by atoms with Crippen LogP contribution in [0.1, 0.15) is 5.56 Å². The van der Waals surface area contributed by atoms with Gasteiger partial charge in [-0.3, -0.25) is 0 Å². The minimum absolute atomic E-state index is 0.108. The highest BCUT2D eigenvalue weighted by molar-refractivity contribution is 9.11. The van der Waals surface area contributed by atoms with E-state index in [9.17, 15) is 18.0 Å². The SMILES string of the molecule is O=C(O)C1=Cc2ccc(Oc3ccc(Br)cc3Br)cc2OC1C(F)(F)F. The number of carboxylic acid groups (broad SMARTS) is 1. The summed E-state index contributed by atoms with van der Waals surface area (Å²) in [7, 11) is 0. The molecule has 0 fully saturated rings. The first-order valence-corrected chi connectivity index (χ1v) is 8.69. The molecule has 1 N–H and O–H groups in total. The van der Waals surface area contributed by atoms with Gasteiger partial charge in [-0.25, -0.2) is 4.79 Å². The minimum atomic E-state index is -4.85. The molecule has 2 aromatic rings. The first-order valence-electron chi connectivity index (χ1n) is 7.10. The average Bonchev–Trinajstić information content (AvgIpc) is 2.55. The molecule has 9 heteroatoms. The summed E-state index contributed by atoms with van der Waals surface area (Å²) < 4.78 is 51.4. The lowest BCUT2D eigenvalue weighted by molar-refractivity contribution is -0.187. The molecule has 0 spiro atoms. The van der Waals surface area contributed by atoms with Gasteiger partial charge in [-0.2, -0.15) is 13.2 Å². The molecular weight excluding hydrogens is 485 g/mol. The Hall–Kier alpha value is -2.00. The van der Waals surface area contributed by atoms with Crippen molar-refractivity contribution in [1.29, 1.82) is 0 Å². The number of hydrogen-bond acceptors (Lipinski definition) is 3. The molecule has 3 rings (SSSR count). The van der Waals surface area contributed by atoms with Crippen LogP contribution in [0.2, 0.25) is 0 Å². The number of ether oxygens (including phenoxy) is 2. The number of carboxylic acids is 1. The molecule has 0 radical (unpaired) electrons. The molecule has 0 aromatic heterocycles. The predicted molar refractivity (Wildman–Crippen MR) is 94.4 cm³/mol. The van der Waals surface area contributed by atoms with Gasteiger partial charge in [0.05, 0.1) is 10.0 Å². The van der Waals surface area contributed by atoms with Crippen molar-refractivity contribution in [2.75, 3.05) is 0 Å². The summed E-state index contributed by atoms with van der Waals surface area (Å²) in [5, 5.41) is 9.02. The highest BCUT2D eigenvalue weighted by atomic mass is 79.9. The molecule has 0 saturated carbocycles. The quantitative estimate of drug-likeness (QED) is 0.587. The van der Waals surface area contributed by atoms with Crippen LogP contribution in [-0.4, -0.2) is 23.4 Å². The second kappa shape index (κ2) is 6.96. The Morgan fingerprint density at radius 3 is 2.50 bits per heavy atom. The van der Waals surface area contributed by atoms with Gasteiger partial charge in [0.1, 0.15) is 17.2 Å². The second-order valence-electron chi connectivity index (χ2n) is 5.32. The molecule has 1 aliphatic rings. The van der Waals surface area contributed by atoms with Crippen molar-refractivity contribution < 1.29 is 32.5 Å². The summed E-state index contributed by atoms with van der Waals surface area (Å²) in [6.07, 6.45) is -6.44. The topological polar surface area (TPSA) is 55.8 Å². The van der Waals surface area contributed by atoms with Gasteiger partial charge in [0.25, 0.3) is 0 Å². The fraction of sp³-hybridized carbons (Fsp3) is 0.118. The maximum Gasteiger partial charge on any atom is 0.430 e. The van der Waals surface area contributed by atoms with E-state index in [2.05, 4.69) is 31.9 Å². The van der Waals surface area contributed by atoms with E-state index in [4.69, 9.17) is 14.6 Å². The zero-order chi connectivity index (χ0) is 19.1. The van der Waals surface area contributed by atoms with Gasteiger partial charge in [0.15, 0.2) is 0 Å². The van der Waals surface area contributed by atoms with Gasteiger partial charge in [-0.15, -0.1) is 0 Å². The summed E-state index contributed by atoms with van der Waals surface area (Å²) in [4.78, 5) is 11.1. The lowest BCUT2D eigenvalue weighted by Crippen LogP contribution is -2.40. The van der Waals surface area contributed by atoms with E-state index < -0.39 is 23.8 Å². The zero-order valence-electron chi connectivity index (χ0n) is 12.7. The largest absolute Gasteiger partial charge is 0.478 e. The van der Waals surface area contributed by atoms with Crippen LogP contribution in [0.3, 0.4) is 0 Å². The van der Waals surface area contributed by atoms with Crippen LogP contribution in [-0.2, 0) is 4.79 Å². The molecule has 1 aliphatic heterocycles. The molecule has 0 amide bonds. The van der Waals surface area contributed by atoms with Crippen molar-refractivity contribution in [2.45, 2.75) is 12.3 Å². The maximum atomic E-state index is 13.1. The van der Waals surface area contributed by atoms with E-state index in [-0.39, 0.29) is 17.1 Å². The van der Waals surface area contributed by atoms with Crippen LogP contribution in [0.25, 0.3) is 6.08 Å². The Labute approximate surface area is 162 Å². The second-order valence-corrected chi connectivity index (χ2v) is 7.09. The van der Waals surface area contributed by atoms with Gasteiger partial charge in [0.2, 0.25) is 6.10 Å². The summed E-state index contributed by atoms with van der Waals surface area (Å²) in [6, 6.07) is 9.42. The van der Waals surface area contributed by atoms with Crippen molar-refractivity contribution in [3.63, 3.8) is 0 Å². The number of halogens is 5. The smallest absolute Gasteiger partial charge is 0.430 e. The van der Waals surface area contributed by atoms with Crippen molar-refractivity contribution in [3.8, 4) is 17.2 Å². The third-order valence-corrected chi connectivity index (χ3v) is 4.60. The molecule has 26 heavy (non-hydrogen) atoms. The lowest BCUT2D eigenvalue weighted by Gasteiger charge is -2.27. The molecule has 1 atom stereocenters. The fourth-order valence-electron chi connectivity index (χ4n) is 2.34. The van der Waals surface area contributed by atoms with E-state index in [0.29, 0.717) is 10.2 Å². The summed E-state index contributed by atoms with van der Waals surface area (Å²) in [5.41, 5.74) is -0.639. The number of rotatable bonds is 3. The van der Waals surface area contributed by atoms with E-state index >= 15 is 0 Å². The first-order chi connectivity index (χ1) is 12.1. The Bertz CT molecular complexity index is 909. The van der Waals surface area contributed by atoms with Crippen LogP contribution in [0, 0.1) is 0 Å². The van der Waals surface area contributed by atoms with Gasteiger partial charge in [-0.1, -0.05) is 15.9 Å². The molecule has 4 nitrogen and oxygen atoms in total.